The van der Waals surface area contributed by atoms with Crippen LogP contribution in [0.4, 0.5) is 5.82 Å². The van der Waals surface area contributed by atoms with E-state index in [0.29, 0.717) is 11.1 Å². The smallest absolute Gasteiger partial charge is 0.154 e. The van der Waals surface area contributed by atoms with Gasteiger partial charge in [-0.25, -0.2) is 9.50 Å². The average molecular weight is 328 g/mol. The molecule has 0 spiro atoms. The Kier molecular flexibility index (Phi) is 3.67. The summed E-state index contributed by atoms with van der Waals surface area (Å²) in [7, 11) is 0. The molecule has 6 heteroatoms. The van der Waals surface area contributed by atoms with Gasteiger partial charge in [0, 0.05) is 37.1 Å². The fourth-order valence-corrected chi connectivity index (χ4v) is 3.30. The minimum absolute atomic E-state index is 0.301. The molecule has 2 N–H and O–H groups in total. The Morgan fingerprint density at radius 2 is 1.96 bits per heavy atom. The second kappa shape index (κ2) is 5.83. The summed E-state index contributed by atoms with van der Waals surface area (Å²) in [5.74, 6) is 0.963. The lowest BCUT2D eigenvalue weighted by Gasteiger charge is -2.31. The molecule has 23 heavy (non-hydrogen) atoms. The van der Waals surface area contributed by atoms with Gasteiger partial charge in [0.15, 0.2) is 5.82 Å². The molecule has 0 aliphatic carbocycles. The largest absolute Gasteiger partial charge is 0.355 e. The molecule has 3 aromatic rings. The molecule has 0 atom stereocenters. The summed E-state index contributed by atoms with van der Waals surface area (Å²) in [6.07, 6.45) is 5.65. The molecule has 0 amide bonds. The Balaban J connectivity index is 1.77. The maximum Gasteiger partial charge on any atom is 0.154 e. The third-order valence-electron chi connectivity index (χ3n) is 4.36. The van der Waals surface area contributed by atoms with Crippen molar-refractivity contribution < 1.29 is 0 Å². The number of hydrogen-bond donors (Lipinski definition) is 1. The molecule has 0 unspecified atom stereocenters. The van der Waals surface area contributed by atoms with Gasteiger partial charge in [0.2, 0.25) is 0 Å². The Morgan fingerprint density at radius 3 is 2.74 bits per heavy atom. The van der Waals surface area contributed by atoms with Crippen LogP contribution in [0.1, 0.15) is 12.8 Å². The van der Waals surface area contributed by atoms with E-state index in [-0.39, 0.29) is 0 Å². The van der Waals surface area contributed by atoms with E-state index in [1.165, 1.54) is 0 Å². The first-order valence-electron chi connectivity index (χ1n) is 7.82. The molecule has 1 saturated heterocycles. The average Bonchev–Trinajstić information content (AvgIpc) is 3.00. The minimum atomic E-state index is 0.301. The lowest BCUT2D eigenvalue weighted by atomic mass is 10.1. The topological polar surface area (TPSA) is 59.5 Å². The van der Waals surface area contributed by atoms with E-state index in [2.05, 4.69) is 21.0 Å². The standard InChI is InChI=1S/C17H18ClN5/c18-14-4-2-1-3-13(14)15-11-16-17(20-7-10-23(16)21-15)22-8-5-12(19)6-9-22/h1-4,7,10-12H,5-6,8-9,19H2. The van der Waals surface area contributed by atoms with Crippen LogP contribution in [0.5, 0.6) is 0 Å². The summed E-state index contributed by atoms with van der Waals surface area (Å²) in [4.78, 5) is 6.86. The van der Waals surface area contributed by atoms with E-state index in [4.69, 9.17) is 17.3 Å². The number of hydrogen-bond acceptors (Lipinski definition) is 4. The zero-order valence-electron chi connectivity index (χ0n) is 12.7. The van der Waals surface area contributed by atoms with Crippen LogP contribution in [0.25, 0.3) is 16.8 Å². The van der Waals surface area contributed by atoms with Gasteiger partial charge in [-0.1, -0.05) is 29.8 Å². The van der Waals surface area contributed by atoms with Crippen LogP contribution < -0.4 is 10.6 Å². The molecule has 0 saturated carbocycles. The van der Waals surface area contributed by atoms with Gasteiger partial charge in [-0.05, 0) is 25.0 Å². The number of nitrogens with zero attached hydrogens (tertiary/aromatic N) is 4. The van der Waals surface area contributed by atoms with Crippen molar-refractivity contribution in [1.82, 2.24) is 14.6 Å². The van der Waals surface area contributed by atoms with E-state index in [1.54, 1.807) is 6.20 Å². The van der Waals surface area contributed by atoms with Crippen LogP contribution in [-0.2, 0) is 0 Å². The second-order valence-electron chi connectivity index (χ2n) is 5.91. The quantitative estimate of drug-likeness (QED) is 0.786. The third-order valence-corrected chi connectivity index (χ3v) is 4.69. The van der Waals surface area contributed by atoms with Gasteiger partial charge in [0.05, 0.1) is 10.7 Å². The lowest BCUT2D eigenvalue weighted by molar-refractivity contribution is 0.499. The highest BCUT2D eigenvalue weighted by atomic mass is 35.5. The number of rotatable bonds is 2. The van der Waals surface area contributed by atoms with Crippen LogP contribution in [-0.4, -0.2) is 33.7 Å². The maximum atomic E-state index is 6.30. The first-order valence-corrected chi connectivity index (χ1v) is 8.20. The number of nitrogens with two attached hydrogens (primary N) is 1. The molecule has 5 nitrogen and oxygen atoms in total. The van der Waals surface area contributed by atoms with Crippen molar-refractivity contribution in [2.75, 3.05) is 18.0 Å². The number of piperidine rings is 1. The summed E-state index contributed by atoms with van der Waals surface area (Å²) >= 11 is 6.30. The second-order valence-corrected chi connectivity index (χ2v) is 6.32. The molecule has 1 aliphatic rings. The Morgan fingerprint density at radius 1 is 1.17 bits per heavy atom. The van der Waals surface area contributed by atoms with Crippen LogP contribution in [0.15, 0.2) is 42.7 Å². The minimum Gasteiger partial charge on any atom is -0.355 e. The molecular weight excluding hydrogens is 310 g/mol. The Hall–Kier alpha value is -2.11. The predicted octanol–water partition coefficient (Wildman–Crippen LogP) is 2.98. The monoisotopic (exact) mass is 327 g/mol. The number of halogens is 1. The van der Waals surface area contributed by atoms with Gasteiger partial charge in [-0.15, -0.1) is 0 Å². The van der Waals surface area contributed by atoms with Crippen LogP contribution in [0.3, 0.4) is 0 Å². The van der Waals surface area contributed by atoms with Crippen molar-refractivity contribution >= 4 is 22.9 Å². The molecule has 4 rings (SSSR count). The fourth-order valence-electron chi connectivity index (χ4n) is 3.06. The summed E-state index contributed by atoms with van der Waals surface area (Å²) in [6, 6.07) is 10.1. The van der Waals surface area contributed by atoms with Gasteiger partial charge >= 0.3 is 0 Å². The molecule has 3 heterocycles. The predicted molar refractivity (Wildman–Crippen MR) is 92.9 cm³/mol. The maximum absolute atomic E-state index is 6.30. The number of fused-ring (bicyclic) bond motifs is 1. The summed E-state index contributed by atoms with van der Waals surface area (Å²) in [5.41, 5.74) is 8.80. The Bertz CT molecular complexity index is 836. The zero-order chi connectivity index (χ0) is 15.8. The van der Waals surface area contributed by atoms with Crippen molar-refractivity contribution in [3.8, 4) is 11.3 Å². The van der Waals surface area contributed by atoms with Crippen molar-refractivity contribution in [1.29, 1.82) is 0 Å². The summed E-state index contributed by atoms with van der Waals surface area (Å²) in [5, 5.41) is 5.36. The molecule has 1 fully saturated rings. The molecule has 1 aromatic carbocycles. The summed E-state index contributed by atoms with van der Waals surface area (Å²) in [6.45, 7) is 1.86. The van der Waals surface area contributed by atoms with Crippen molar-refractivity contribution in [3.05, 3.63) is 47.7 Å². The molecule has 118 valence electrons. The van der Waals surface area contributed by atoms with Gasteiger partial charge in [-0.2, -0.15) is 5.10 Å². The molecule has 1 aliphatic heterocycles. The van der Waals surface area contributed by atoms with Crippen molar-refractivity contribution in [2.45, 2.75) is 18.9 Å². The van der Waals surface area contributed by atoms with E-state index in [0.717, 1.165) is 48.5 Å². The highest BCUT2D eigenvalue weighted by Crippen LogP contribution is 2.30. The molecular formula is C17H18ClN5. The molecule has 0 bridgehead atoms. The first-order chi connectivity index (χ1) is 11.2. The highest BCUT2D eigenvalue weighted by Gasteiger charge is 2.20. The van der Waals surface area contributed by atoms with Crippen LogP contribution in [0, 0.1) is 0 Å². The molecule has 0 radical (unpaired) electrons. The van der Waals surface area contributed by atoms with Crippen molar-refractivity contribution in [2.24, 2.45) is 5.73 Å². The molecule has 2 aromatic heterocycles. The van der Waals surface area contributed by atoms with Crippen molar-refractivity contribution in [3.63, 3.8) is 0 Å². The van der Waals surface area contributed by atoms with Gasteiger partial charge in [0.25, 0.3) is 0 Å². The van der Waals surface area contributed by atoms with E-state index >= 15 is 0 Å². The van der Waals surface area contributed by atoms with Crippen LogP contribution in [0.2, 0.25) is 5.02 Å². The highest BCUT2D eigenvalue weighted by molar-refractivity contribution is 6.33. The number of aromatic nitrogens is 3. The van der Waals surface area contributed by atoms with E-state index in [1.807, 2.05) is 35.0 Å². The van der Waals surface area contributed by atoms with Gasteiger partial charge < -0.3 is 10.6 Å². The van der Waals surface area contributed by atoms with E-state index in [9.17, 15) is 0 Å². The SMILES string of the molecule is NC1CCN(c2nccn3nc(-c4ccccc4Cl)cc23)CC1. The van der Waals surface area contributed by atoms with Gasteiger partial charge in [0.1, 0.15) is 5.52 Å². The normalized spacial score (nSPS) is 16.2. The zero-order valence-corrected chi connectivity index (χ0v) is 13.4. The number of benzene rings is 1. The fraction of sp³-hybridized carbons (Fsp3) is 0.294. The number of anilines is 1. The summed E-state index contributed by atoms with van der Waals surface area (Å²) < 4.78 is 1.87. The lowest BCUT2D eigenvalue weighted by Crippen LogP contribution is -2.40. The van der Waals surface area contributed by atoms with E-state index < -0.39 is 0 Å². The van der Waals surface area contributed by atoms with Gasteiger partial charge in [-0.3, -0.25) is 0 Å². The van der Waals surface area contributed by atoms with Crippen LogP contribution >= 0.6 is 11.6 Å². The first kappa shape index (κ1) is 14.5. The third kappa shape index (κ3) is 2.66. The Labute approximate surface area is 139 Å².